The van der Waals surface area contributed by atoms with Gasteiger partial charge in [0.2, 0.25) is 0 Å². The largest absolute Gasteiger partial charge is 0.484 e. The molecule has 12 heteroatoms. The Morgan fingerprint density at radius 2 is 1.90 bits per heavy atom. The van der Waals surface area contributed by atoms with Crippen LogP contribution in [-0.2, 0) is 33.8 Å². The number of benzene rings is 1. The maximum atomic E-state index is 12.6. The number of carbonyl (C=O) groups is 4. The lowest BCUT2D eigenvalue weighted by molar-refractivity contribution is -0.151. The van der Waals surface area contributed by atoms with Crippen molar-refractivity contribution in [3.63, 3.8) is 0 Å². The summed E-state index contributed by atoms with van der Waals surface area (Å²) in [5.74, 6) is -4.21. The Balaban J connectivity index is 1.76. The van der Waals surface area contributed by atoms with E-state index in [1.54, 1.807) is 30.3 Å². The van der Waals surface area contributed by atoms with Gasteiger partial charge >= 0.3 is 11.9 Å². The highest BCUT2D eigenvalue weighted by atomic mass is 32.2. The Hall–Kier alpha value is -3.41. The van der Waals surface area contributed by atoms with Crippen LogP contribution < -0.4 is 10.1 Å². The molecule has 0 aromatic heterocycles. The zero-order chi connectivity index (χ0) is 22.1. The molecule has 1 saturated heterocycles. The number of β-lactam (4-membered cyclic amide) rings is 1. The van der Waals surface area contributed by atoms with E-state index < -0.39 is 69.7 Å². The molecule has 0 saturated carbocycles. The van der Waals surface area contributed by atoms with Gasteiger partial charge in [-0.25, -0.2) is 13.2 Å². The first-order valence-corrected chi connectivity index (χ1v) is 10.4. The van der Waals surface area contributed by atoms with Crippen molar-refractivity contribution in [1.29, 1.82) is 0 Å². The van der Waals surface area contributed by atoms with E-state index in [0.717, 1.165) is 6.92 Å². The van der Waals surface area contributed by atoms with E-state index in [9.17, 15) is 32.7 Å². The Morgan fingerprint density at radius 1 is 1.23 bits per heavy atom. The van der Waals surface area contributed by atoms with Crippen LogP contribution in [0.1, 0.15) is 6.92 Å². The van der Waals surface area contributed by atoms with Crippen molar-refractivity contribution in [2.24, 2.45) is 0 Å². The quantitative estimate of drug-likeness (QED) is 0.405. The van der Waals surface area contributed by atoms with E-state index in [4.69, 9.17) is 9.47 Å². The van der Waals surface area contributed by atoms with Gasteiger partial charge in [0, 0.05) is 12.5 Å². The second-order valence-corrected chi connectivity index (χ2v) is 8.69. The zero-order valence-corrected chi connectivity index (χ0v) is 16.5. The number of fused-ring (bicyclic) bond motifs is 1. The highest BCUT2D eigenvalue weighted by molar-refractivity contribution is 7.92. The lowest BCUT2D eigenvalue weighted by Gasteiger charge is -2.48. The predicted octanol–water partition coefficient (Wildman–Crippen LogP) is -0.951. The van der Waals surface area contributed by atoms with Gasteiger partial charge in [0.25, 0.3) is 11.8 Å². The van der Waals surface area contributed by atoms with Crippen LogP contribution in [0.3, 0.4) is 0 Å². The molecule has 1 aromatic rings. The summed E-state index contributed by atoms with van der Waals surface area (Å²) in [7, 11) is -4.05. The molecule has 0 radical (unpaired) electrons. The van der Waals surface area contributed by atoms with Crippen molar-refractivity contribution in [3.8, 4) is 5.75 Å². The summed E-state index contributed by atoms with van der Waals surface area (Å²) in [6.07, 6.45) is 0. The summed E-state index contributed by atoms with van der Waals surface area (Å²) >= 11 is 0. The molecule has 2 aliphatic heterocycles. The number of aliphatic carboxylic acids is 1. The molecule has 0 aliphatic carbocycles. The number of hydrogen-bond donors (Lipinski definition) is 2. The topological polar surface area (TPSA) is 156 Å². The number of nitrogens with one attached hydrogen (secondary N) is 1. The molecular formula is C18H18N2O9S. The van der Waals surface area contributed by atoms with Crippen LogP contribution in [0.5, 0.6) is 5.75 Å². The number of amides is 2. The van der Waals surface area contributed by atoms with Crippen LogP contribution in [0, 0.1) is 0 Å². The number of para-hydroxylation sites is 1. The van der Waals surface area contributed by atoms with E-state index in [1.165, 1.54) is 0 Å². The minimum atomic E-state index is -4.05. The average molecular weight is 438 g/mol. The highest BCUT2D eigenvalue weighted by Gasteiger charge is 2.60. The second kappa shape index (κ2) is 8.14. The van der Waals surface area contributed by atoms with Crippen molar-refractivity contribution in [2.45, 2.75) is 18.3 Å². The van der Waals surface area contributed by atoms with E-state index >= 15 is 0 Å². The van der Waals surface area contributed by atoms with E-state index in [0.29, 0.717) is 10.6 Å². The van der Waals surface area contributed by atoms with E-state index in [-0.39, 0.29) is 5.57 Å². The van der Waals surface area contributed by atoms with Gasteiger partial charge in [-0.15, -0.1) is 0 Å². The summed E-state index contributed by atoms with van der Waals surface area (Å²) in [5, 5.41) is 10.2. The van der Waals surface area contributed by atoms with Crippen molar-refractivity contribution in [2.75, 3.05) is 19.0 Å². The normalized spacial score (nSPS) is 21.9. The number of hydrogen-bond acceptors (Lipinski definition) is 8. The number of nitrogens with zero attached hydrogens (tertiary/aromatic N) is 1. The number of carbonyl (C=O) groups excluding carboxylic acids is 3. The number of carboxylic acid groups (broad SMARTS) is 1. The maximum Gasteiger partial charge on any atom is 0.352 e. The third-order valence-corrected chi connectivity index (χ3v) is 6.41. The van der Waals surface area contributed by atoms with E-state index in [2.05, 4.69) is 5.32 Å². The summed E-state index contributed by atoms with van der Waals surface area (Å²) < 4.78 is 35.2. The summed E-state index contributed by atoms with van der Waals surface area (Å²) in [4.78, 5) is 47.9. The summed E-state index contributed by atoms with van der Waals surface area (Å²) in [5.41, 5.74) is -0.786. The zero-order valence-electron chi connectivity index (χ0n) is 15.7. The lowest BCUT2D eigenvalue weighted by atomic mass is 10.0. The molecule has 11 nitrogen and oxygen atoms in total. The first-order valence-electron chi connectivity index (χ1n) is 8.72. The van der Waals surface area contributed by atoms with Gasteiger partial charge in [-0.1, -0.05) is 18.2 Å². The molecule has 160 valence electrons. The monoisotopic (exact) mass is 438 g/mol. The molecule has 1 fully saturated rings. The minimum Gasteiger partial charge on any atom is -0.484 e. The van der Waals surface area contributed by atoms with Crippen LogP contribution in [0.4, 0.5) is 0 Å². The smallest absolute Gasteiger partial charge is 0.352 e. The summed E-state index contributed by atoms with van der Waals surface area (Å²) in [6.45, 7) is 0.0491. The fraction of sp³-hybridized carbons (Fsp3) is 0.333. The summed E-state index contributed by atoms with van der Waals surface area (Å²) in [6, 6.07) is 6.94. The van der Waals surface area contributed by atoms with Gasteiger partial charge < -0.3 is 19.9 Å². The van der Waals surface area contributed by atoms with Crippen LogP contribution in [0.25, 0.3) is 0 Å². The van der Waals surface area contributed by atoms with Crippen molar-refractivity contribution < 1.29 is 42.2 Å². The number of sulfone groups is 1. The van der Waals surface area contributed by atoms with Crippen molar-refractivity contribution in [3.05, 3.63) is 41.6 Å². The van der Waals surface area contributed by atoms with Crippen LogP contribution in [0.2, 0.25) is 0 Å². The third-order valence-electron chi connectivity index (χ3n) is 4.44. The van der Waals surface area contributed by atoms with Crippen LogP contribution >= 0.6 is 0 Å². The molecule has 2 amide bonds. The van der Waals surface area contributed by atoms with Gasteiger partial charge in [0.05, 0.1) is 5.75 Å². The molecule has 2 aliphatic rings. The third kappa shape index (κ3) is 4.13. The van der Waals surface area contributed by atoms with Crippen LogP contribution in [0.15, 0.2) is 41.6 Å². The second-order valence-electron chi connectivity index (χ2n) is 6.59. The maximum absolute atomic E-state index is 12.6. The average Bonchev–Trinajstić information content (AvgIpc) is 2.68. The molecule has 2 N–H and O–H groups in total. The molecule has 2 heterocycles. The Bertz CT molecular complexity index is 1030. The van der Waals surface area contributed by atoms with Gasteiger partial charge in [-0.3, -0.25) is 19.3 Å². The molecule has 30 heavy (non-hydrogen) atoms. The predicted molar refractivity (Wildman–Crippen MR) is 99.6 cm³/mol. The van der Waals surface area contributed by atoms with Gasteiger partial charge in [0.1, 0.15) is 24.1 Å². The number of rotatable bonds is 7. The first kappa shape index (κ1) is 21.3. The number of esters is 1. The molecule has 2 atom stereocenters. The van der Waals surface area contributed by atoms with Gasteiger partial charge in [0.15, 0.2) is 21.8 Å². The SMILES string of the molecule is CC(=O)OCC1=C(C(=O)O)N2C(=O)[C@@H](NC(=O)COc3ccccc3)[C@@H]2S(=O)(=O)C1. The molecule has 0 spiro atoms. The van der Waals surface area contributed by atoms with Gasteiger partial charge in [-0.2, -0.15) is 0 Å². The van der Waals surface area contributed by atoms with Crippen molar-refractivity contribution >= 4 is 33.6 Å². The highest BCUT2D eigenvalue weighted by Crippen LogP contribution is 2.36. The fourth-order valence-corrected chi connectivity index (χ4v) is 5.21. The van der Waals surface area contributed by atoms with Gasteiger partial charge in [-0.05, 0) is 12.1 Å². The molecule has 0 bridgehead atoms. The number of ether oxygens (including phenoxy) is 2. The fourth-order valence-electron chi connectivity index (χ4n) is 3.20. The van der Waals surface area contributed by atoms with Crippen LogP contribution in [-0.4, -0.2) is 72.6 Å². The van der Waals surface area contributed by atoms with E-state index in [1.807, 2.05) is 0 Å². The molecule has 3 rings (SSSR count). The Morgan fingerprint density at radius 3 is 2.50 bits per heavy atom. The first-order chi connectivity index (χ1) is 14.1. The molecule has 1 aromatic carbocycles. The molecular weight excluding hydrogens is 420 g/mol. The Labute approximate surface area is 171 Å². The number of carboxylic acids is 1. The standard InChI is InChI=1S/C18H18N2O9S/c1-10(21)28-7-11-9-30(26,27)17-14(16(23)20(17)15(11)18(24)25)19-13(22)8-29-12-5-3-2-4-6-12/h2-6,14,17H,7-9H2,1H3,(H,19,22)(H,24,25)/t14-,17+/m1/s1. The molecule has 0 unspecified atom stereocenters. The minimum absolute atomic E-state index is 0.223. The Kier molecular flexibility index (Phi) is 5.78. The van der Waals surface area contributed by atoms with Crippen molar-refractivity contribution in [1.82, 2.24) is 10.2 Å². The lowest BCUT2D eigenvalue weighted by Crippen LogP contribution is -2.75.